The van der Waals surface area contributed by atoms with Crippen LogP contribution in [0.5, 0.6) is 5.75 Å². The van der Waals surface area contributed by atoms with Crippen molar-refractivity contribution in [3.63, 3.8) is 0 Å². The van der Waals surface area contributed by atoms with E-state index in [4.69, 9.17) is 21.6 Å². The molecule has 0 aliphatic carbocycles. The number of nitriles is 1. The Balaban J connectivity index is 2.13. The van der Waals surface area contributed by atoms with Crippen molar-refractivity contribution in [2.45, 2.75) is 6.61 Å². The van der Waals surface area contributed by atoms with Crippen LogP contribution in [-0.4, -0.2) is 24.9 Å². The lowest BCUT2D eigenvalue weighted by atomic mass is 10.1. The first-order valence-electron chi connectivity index (χ1n) is 7.41. The number of carbonyl (C=O) groups is 1. The molecular formula is C19H16ClIN2O2. The number of ether oxygens (including phenoxy) is 1. The van der Waals surface area contributed by atoms with Crippen molar-refractivity contribution in [3.05, 3.63) is 67.8 Å². The molecule has 25 heavy (non-hydrogen) atoms. The van der Waals surface area contributed by atoms with E-state index in [2.05, 4.69) is 22.6 Å². The van der Waals surface area contributed by atoms with Gasteiger partial charge in [0.05, 0.1) is 3.57 Å². The zero-order valence-electron chi connectivity index (χ0n) is 13.8. The Kier molecular flexibility index (Phi) is 6.85. The van der Waals surface area contributed by atoms with Crippen LogP contribution in [0.4, 0.5) is 0 Å². The third-order valence-corrected chi connectivity index (χ3v) is 4.43. The molecule has 0 atom stereocenters. The van der Waals surface area contributed by atoms with E-state index in [0.29, 0.717) is 11.6 Å². The summed E-state index contributed by atoms with van der Waals surface area (Å²) in [7, 11) is 3.23. The zero-order valence-corrected chi connectivity index (χ0v) is 16.7. The number of hydrogen-bond acceptors (Lipinski definition) is 3. The first-order valence-corrected chi connectivity index (χ1v) is 8.86. The Bertz CT molecular complexity index is 839. The molecule has 128 valence electrons. The maximum absolute atomic E-state index is 11.9. The average Bonchev–Trinajstić information content (AvgIpc) is 2.59. The van der Waals surface area contributed by atoms with Crippen molar-refractivity contribution in [2.24, 2.45) is 0 Å². The van der Waals surface area contributed by atoms with E-state index in [1.165, 1.54) is 4.90 Å². The molecule has 0 aliphatic heterocycles. The van der Waals surface area contributed by atoms with Crippen LogP contribution < -0.4 is 4.74 Å². The van der Waals surface area contributed by atoms with E-state index in [-0.39, 0.29) is 11.5 Å². The first-order chi connectivity index (χ1) is 11.9. The predicted molar refractivity (Wildman–Crippen MR) is 107 cm³/mol. The minimum Gasteiger partial charge on any atom is -0.488 e. The zero-order chi connectivity index (χ0) is 18.4. The Morgan fingerprint density at radius 2 is 1.96 bits per heavy atom. The van der Waals surface area contributed by atoms with Gasteiger partial charge in [-0.15, -0.1) is 0 Å². The van der Waals surface area contributed by atoms with Crippen LogP contribution in [0.1, 0.15) is 11.1 Å². The summed E-state index contributed by atoms with van der Waals surface area (Å²) in [5.41, 5.74) is 1.89. The first kappa shape index (κ1) is 19.3. The normalized spacial score (nSPS) is 10.9. The highest BCUT2D eigenvalue weighted by Crippen LogP contribution is 2.24. The minimum absolute atomic E-state index is 0.0932. The molecule has 0 saturated carbocycles. The molecule has 1 amide bonds. The number of amides is 1. The minimum atomic E-state index is -0.319. The molecule has 0 spiro atoms. The highest BCUT2D eigenvalue weighted by molar-refractivity contribution is 14.1. The molecule has 2 aromatic rings. The lowest BCUT2D eigenvalue weighted by Crippen LogP contribution is -2.22. The van der Waals surface area contributed by atoms with Crippen molar-refractivity contribution in [3.8, 4) is 11.8 Å². The lowest BCUT2D eigenvalue weighted by molar-refractivity contribution is -0.124. The highest BCUT2D eigenvalue weighted by Gasteiger charge is 2.11. The molecule has 0 heterocycles. The molecule has 0 radical (unpaired) electrons. The van der Waals surface area contributed by atoms with E-state index < -0.39 is 0 Å². The van der Waals surface area contributed by atoms with Gasteiger partial charge in [0.2, 0.25) is 0 Å². The van der Waals surface area contributed by atoms with Crippen LogP contribution in [0.25, 0.3) is 6.08 Å². The Morgan fingerprint density at radius 1 is 1.28 bits per heavy atom. The number of rotatable bonds is 5. The van der Waals surface area contributed by atoms with E-state index in [0.717, 1.165) is 20.4 Å². The maximum Gasteiger partial charge on any atom is 0.264 e. The van der Waals surface area contributed by atoms with Gasteiger partial charge in [0.15, 0.2) is 0 Å². The second kappa shape index (κ2) is 8.88. The fourth-order valence-electron chi connectivity index (χ4n) is 2.02. The van der Waals surface area contributed by atoms with Gasteiger partial charge < -0.3 is 9.64 Å². The van der Waals surface area contributed by atoms with Gasteiger partial charge in [0.1, 0.15) is 24.0 Å². The Labute approximate surface area is 165 Å². The van der Waals surface area contributed by atoms with Gasteiger partial charge in [-0.25, -0.2) is 0 Å². The number of hydrogen-bond donors (Lipinski definition) is 0. The van der Waals surface area contributed by atoms with E-state index in [1.54, 1.807) is 20.2 Å². The third-order valence-electron chi connectivity index (χ3n) is 3.33. The highest BCUT2D eigenvalue weighted by atomic mass is 127. The predicted octanol–water partition coefficient (Wildman–Crippen LogP) is 4.52. The van der Waals surface area contributed by atoms with E-state index >= 15 is 0 Å². The monoisotopic (exact) mass is 466 g/mol. The quantitative estimate of drug-likeness (QED) is 0.370. The van der Waals surface area contributed by atoms with Gasteiger partial charge >= 0.3 is 0 Å². The summed E-state index contributed by atoms with van der Waals surface area (Å²) in [6, 6.07) is 14.9. The molecule has 0 fully saturated rings. The maximum atomic E-state index is 11.9. The van der Waals surface area contributed by atoms with Gasteiger partial charge in [-0.1, -0.05) is 29.8 Å². The second-order valence-electron chi connectivity index (χ2n) is 5.47. The summed E-state index contributed by atoms with van der Waals surface area (Å²) in [6.07, 6.45) is 1.58. The number of likely N-dealkylation sites (N-methyl/N-ethyl adjacent to an activating group) is 1. The van der Waals surface area contributed by atoms with Crippen molar-refractivity contribution in [2.75, 3.05) is 14.1 Å². The molecule has 2 aromatic carbocycles. The van der Waals surface area contributed by atoms with Crippen LogP contribution >= 0.6 is 34.2 Å². The molecule has 0 N–H and O–H groups in total. The molecule has 0 saturated heterocycles. The fraction of sp³-hybridized carbons (Fsp3) is 0.158. The summed E-state index contributed by atoms with van der Waals surface area (Å²) < 4.78 is 6.72. The smallest absolute Gasteiger partial charge is 0.264 e. The average molecular weight is 467 g/mol. The number of benzene rings is 2. The standard InChI is InChI=1S/C19H16ClIN2O2/c1-23(2)19(24)15(11-22)9-14-5-8-18(17(21)10-14)25-12-13-3-6-16(20)7-4-13/h3-10H,12H2,1-2H3/b15-9-. The molecule has 2 rings (SSSR count). The van der Waals surface area contributed by atoms with Gasteiger partial charge in [-0.05, 0) is 64.1 Å². The number of carbonyl (C=O) groups excluding carboxylic acids is 1. The van der Waals surface area contributed by atoms with Crippen LogP contribution in [0.15, 0.2) is 48.0 Å². The Hall–Kier alpha value is -2.04. The SMILES string of the molecule is CN(C)C(=O)/C(C#N)=C\c1ccc(OCc2ccc(Cl)cc2)c(I)c1. The third kappa shape index (κ3) is 5.48. The number of halogens is 2. The number of nitrogens with zero attached hydrogens (tertiary/aromatic N) is 2. The lowest BCUT2D eigenvalue weighted by Gasteiger charge is -2.10. The van der Waals surface area contributed by atoms with Gasteiger partial charge in [0, 0.05) is 19.1 Å². The molecule has 0 bridgehead atoms. The molecule has 0 aliphatic rings. The van der Waals surface area contributed by atoms with Gasteiger partial charge in [0.25, 0.3) is 5.91 Å². The molecule has 0 aromatic heterocycles. The summed E-state index contributed by atoms with van der Waals surface area (Å²) in [5.74, 6) is 0.422. The molecule has 4 nitrogen and oxygen atoms in total. The van der Waals surface area contributed by atoms with Gasteiger partial charge in [-0.3, -0.25) is 4.79 Å². The topological polar surface area (TPSA) is 53.3 Å². The van der Waals surface area contributed by atoms with Crippen LogP contribution in [-0.2, 0) is 11.4 Å². The summed E-state index contributed by atoms with van der Waals surface area (Å²) in [5, 5.41) is 9.85. The van der Waals surface area contributed by atoms with Gasteiger partial charge in [-0.2, -0.15) is 5.26 Å². The van der Waals surface area contributed by atoms with Crippen LogP contribution in [0.3, 0.4) is 0 Å². The van der Waals surface area contributed by atoms with Crippen molar-refractivity contribution < 1.29 is 9.53 Å². The van der Waals surface area contributed by atoms with Crippen molar-refractivity contribution in [1.82, 2.24) is 4.90 Å². The van der Waals surface area contributed by atoms with E-state index in [9.17, 15) is 4.79 Å². The molecule has 6 heteroatoms. The van der Waals surface area contributed by atoms with E-state index in [1.807, 2.05) is 48.5 Å². The van der Waals surface area contributed by atoms with Crippen molar-refractivity contribution >= 4 is 46.2 Å². The summed E-state index contributed by atoms with van der Waals surface area (Å²) >= 11 is 8.04. The van der Waals surface area contributed by atoms with Crippen LogP contribution in [0, 0.1) is 14.9 Å². The molecular weight excluding hydrogens is 451 g/mol. The fourth-order valence-corrected chi connectivity index (χ4v) is 2.84. The molecule has 0 unspecified atom stereocenters. The van der Waals surface area contributed by atoms with Crippen LogP contribution in [0.2, 0.25) is 5.02 Å². The summed E-state index contributed by atoms with van der Waals surface area (Å²) in [6.45, 7) is 0.435. The van der Waals surface area contributed by atoms with Crippen molar-refractivity contribution in [1.29, 1.82) is 5.26 Å². The summed E-state index contributed by atoms with van der Waals surface area (Å²) in [4.78, 5) is 13.3. The second-order valence-corrected chi connectivity index (χ2v) is 7.07. The Morgan fingerprint density at radius 3 is 2.52 bits per heavy atom. The largest absolute Gasteiger partial charge is 0.488 e.